The third-order valence-corrected chi connectivity index (χ3v) is 4.18. The zero-order valence-corrected chi connectivity index (χ0v) is 12.6. The maximum atomic E-state index is 9.77. The first-order valence-corrected chi connectivity index (χ1v) is 7.49. The van der Waals surface area contributed by atoms with Crippen LogP contribution in [0.1, 0.15) is 51.2 Å². The summed E-state index contributed by atoms with van der Waals surface area (Å²) in [7, 11) is 0. The summed E-state index contributed by atoms with van der Waals surface area (Å²) in [5, 5.41) is 9.77. The van der Waals surface area contributed by atoms with Crippen LogP contribution in [0, 0.1) is 5.92 Å². The van der Waals surface area contributed by atoms with Gasteiger partial charge in [0.15, 0.2) is 0 Å². The second kappa shape index (κ2) is 6.07. The van der Waals surface area contributed by atoms with Crippen molar-refractivity contribution in [3.63, 3.8) is 0 Å². The van der Waals surface area contributed by atoms with E-state index in [1.807, 2.05) is 18.2 Å². The second-order valence-electron chi connectivity index (χ2n) is 5.36. The van der Waals surface area contributed by atoms with Crippen LogP contribution in [-0.2, 0) is 0 Å². The van der Waals surface area contributed by atoms with Gasteiger partial charge in [-0.1, -0.05) is 28.9 Å². The van der Waals surface area contributed by atoms with E-state index in [1.165, 1.54) is 12.8 Å². The molecule has 18 heavy (non-hydrogen) atoms. The van der Waals surface area contributed by atoms with Gasteiger partial charge in [0.05, 0.1) is 12.2 Å². The monoisotopic (exact) mass is 312 g/mol. The van der Waals surface area contributed by atoms with Crippen molar-refractivity contribution in [2.45, 2.75) is 51.7 Å². The third kappa shape index (κ3) is 3.48. The lowest BCUT2D eigenvalue weighted by Crippen LogP contribution is -2.23. The highest BCUT2D eigenvalue weighted by atomic mass is 79.9. The topological polar surface area (TPSA) is 29.5 Å². The van der Waals surface area contributed by atoms with Crippen molar-refractivity contribution < 1.29 is 9.84 Å². The van der Waals surface area contributed by atoms with Crippen LogP contribution in [0.2, 0.25) is 0 Å². The summed E-state index contributed by atoms with van der Waals surface area (Å²) in [5.74, 6) is 1.64. The molecule has 0 bridgehead atoms. The number of hydrogen-bond acceptors (Lipinski definition) is 2. The highest BCUT2D eigenvalue weighted by Crippen LogP contribution is 2.33. The van der Waals surface area contributed by atoms with Gasteiger partial charge in [-0.05, 0) is 50.7 Å². The number of aliphatic hydroxyl groups is 1. The molecule has 0 amide bonds. The molecule has 2 rings (SSSR count). The Bertz CT molecular complexity index is 395. The fraction of sp³-hybridized carbons (Fsp3) is 0.600. The van der Waals surface area contributed by atoms with E-state index in [2.05, 4.69) is 22.9 Å². The first-order chi connectivity index (χ1) is 8.56. The van der Waals surface area contributed by atoms with Crippen molar-refractivity contribution in [3.05, 3.63) is 28.2 Å². The minimum absolute atomic E-state index is 0.299. The summed E-state index contributed by atoms with van der Waals surface area (Å²) in [4.78, 5) is 0. The van der Waals surface area contributed by atoms with Crippen LogP contribution >= 0.6 is 15.9 Å². The number of hydrogen-bond donors (Lipinski definition) is 1. The van der Waals surface area contributed by atoms with Crippen LogP contribution in [0.3, 0.4) is 0 Å². The maximum Gasteiger partial charge on any atom is 0.126 e. The minimum Gasteiger partial charge on any atom is -0.490 e. The van der Waals surface area contributed by atoms with E-state index in [1.54, 1.807) is 6.92 Å². The van der Waals surface area contributed by atoms with Crippen molar-refractivity contribution in [1.82, 2.24) is 0 Å². The van der Waals surface area contributed by atoms with E-state index in [4.69, 9.17) is 4.74 Å². The van der Waals surface area contributed by atoms with Gasteiger partial charge in [-0.3, -0.25) is 0 Å². The quantitative estimate of drug-likeness (QED) is 0.893. The summed E-state index contributed by atoms with van der Waals surface area (Å²) >= 11 is 3.46. The Morgan fingerprint density at radius 1 is 1.28 bits per heavy atom. The van der Waals surface area contributed by atoms with E-state index in [0.29, 0.717) is 6.10 Å². The molecular weight excluding hydrogens is 292 g/mol. The maximum absolute atomic E-state index is 9.77. The van der Waals surface area contributed by atoms with E-state index < -0.39 is 6.10 Å². The van der Waals surface area contributed by atoms with Gasteiger partial charge in [-0.25, -0.2) is 0 Å². The Labute approximate surface area is 117 Å². The first-order valence-electron chi connectivity index (χ1n) is 6.70. The van der Waals surface area contributed by atoms with Crippen LogP contribution < -0.4 is 4.74 Å². The summed E-state index contributed by atoms with van der Waals surface area (Å²) in [5.41, 5.74) is 0.872. The van der Waals surface area contributed by atoms with E-state index in [0.717, 1.165) is 34.5 Å². The molecule has 0 aromatic heterocycles. The zero-order chi connectivity index (χ0) is 13.1. The Kier molecular flexibility index (Phi) is 4.68. The third-order valence-electron chi connectivity index (χ3n) is 3.68. The van der Waals surface area contributed by atoms with Gasteiger partial charge in [0.1, 0.15) is 5.75 Å². The SMILES string of the molecule is CC1CCC(Oc2cc(Br)ccc2[C@H](C)O)CC1. The Balaban J connectivity index is 2.10. The van der Waals surface area contributed by atoms with Gasteiger partial charge < -0.3 is 9.84 Å². The number of halogens is 1. The fourth-order valence-electron chi connectivity index (χ4n) is 2.48. The lowest BCUT2D eigenvalue weighted by Gasteiger charge is -2.28. The highest BCUT2D eigenvalue weighted by molar-refractivity contribution is 9.10. The Hall–Kier alpha value is -0.540. The molecule has 2 nitrogen and oxygen atoms in total. The highest BCUT2D eigenvalue weighted by Gasteiger charge is 2.21. The van der Waals surface area contributed by atoms with Crippen molar-refractivity contribution in [1.29, 1.82) is 0 Å². The standard InChI is InChI=1S/C15H21BrO2/c1-10-3-6-13(7-4-10)18-15-9-12(16)5-8-14(15)11(2)17/h5,8-11,13,17H,3-4,6-7H2,1-2H3/t10?,11-,13?/m0/s1. The lowest BCUT2D eigenvalue weighted by atomic mass is 9.89. The predicted octanol–water partition coefficient (Wildman–Crippen LogP) is 4.46. The molecule has 1 aliphatic rings. The molecule has 3 heteroatoms. The minimum atomic E-state index is -0.490. The molecule has 0 radical (unpaired) electrons. The molecule has 1 aromatic carbocycles. The van der Waals surface area contributed by atoms with Gasteiger partial charge in [-0.15, -0.1) is 0 Å². The number of ether oxygens (including phenoxy) is 1. The molecule has 1 N–H and O–H groups in total. The van der Waals surface area contributed by atoms with Crippen molar-refractivity contribution >= 4 is 15.9 Å². The van der Waals surface area contributed by atoms with E-state index in [-0.39, 0.29) is 0 Å². The van der Waals surface area contributed by atoms with Crippen LogP contribution in [0.25, 0.3) is 0 Å². The van der Waals surface area contributed by atoms with Crippen LogP contribution in [-0.4, -0.2) is 11.2 Å². The molecular formula is C15H21BrO2. The summed E-state index contributed by atoms with van der Waals surface area (Å²) in [6.45, 7) is 4.08. The fourth-order valence-corrected chi connectivity index (χ4v) is 2.82. The average Bonchev–Trinajstić information content (AvgIpc) is 2.32. The summed E-state index contributed by atoms with van der Waals surface area (Å²) < 4.78 is 7.08. The summed E-state index contributed by atoms with van der Waals surface area (Å²) in [6, 6.07) is 5.83. The summed E-state index contributed by atoms with van der Waals surface area (Å²) in [6.07, 6.45) is 4.52. The van der Waals surface area contributed by atoms with E-state index in [9.17, 15) is 5.11 Å². The molecule has 1 aromatic rings. The van der Waals surface area contributed by atoms with Gasteiger partial charge in [0, 0.05) is 10.0 Å². The van der Waals surface area contributed by atoms with Crippen molar-refractivity contribution in [2.24, 2.45) is 5.92 Å². The van der Waals surface area contributed by atoms with Gasteiger partial charge in [0.2, 0.25) is 0 Å². The molecule has 0 aliphatic heterocycles. The van der Waals surface area contributed by atoms with Crippen molar-refractivity contribution in [3.8, 4) is 5.75 Å². The second-order valence-corrected chi connectivity index (χ2v) is 6.27. The molecule has 0 unspecified atom stereocenters. The zero-order valence-electron chi connectivity index (χ0n) is 11.0. The van der Waals surface area contributed by atoms with Gasteiger partial charge >= 0.3 is 0 Å². The lowest BCUT2D eigenvalue weighted by molar-refractivity contribution is 0.126. The van der Waals surface area contributed by atoms with Crippen molar-refractivity contribution in [2.75, 3.05) is 0 Å². The smallest absolute Gasteiger partial charge is 0.126 e. The molecule has 0 spiro atoms. The van der Waals surface area contributed by atoms with Crippen LogP contribution in [0.15, 0.2) is 22.7 Å². The van der Waals surface area contributed by atoms with E-state index >= 15 is 0 Å². The molecule has 0 heterocycles. The van der Waals surface area contributed by atoms with Gasteiger partial charge in [-0.2, -0.15) is 0 Å². The average molecular weight is 313 g/mol. The number of aliphatic hydroxyl groups excluding tert-OH is 1. The molecule has 1 atom stereocenters. The largest absolute Gasteiger partial charge is 0.490 e. The molecule has 0 saturated heterocycles. The normalized spacial score (nSPS) is 25.8. The Morgan fingerprint density at radius 3 is 2.56 bits per heavy atom. The molecule has 1 fully saturated rings. The Morgan fingerprint density at radius 2 is 1.94 bits per heavy atom. The van der Waals surface area contributed by atoms with Crippen LogP contribution in [0.4, 0.5) is 0 Å². The predicted molar refractivity (Wildman–Crippen MR) is 76.8 cm³/mol. The molecule has 1 saturated carbocycles. The number of rotatable bonds is 3. The molecule has 100 valence electrons. The van der Waals surface area contributed by atoms with Crippen LogP contribution in [0.5, 0.6) is 5.75 Å². The molecule has 1 aliphatic carbocycles. The first kappa shape index (κ1) is 13.9. The van der Waals surface area contributed by atoms with Gasteiger partial charge in [0.25, 0.3) is 0 Å². The number of benzene rings is 1.